The highest BCUT2D eigenvalue weighted by Gasteiger charge is 2.13. The molecule has 0 unspecified atom stereocenters. The van der Waals surface area contributed by atoms with Crippen LogP contribution in [0.1, 0.15) is 36.8 Å². The molecule has 0 saturated carbocycles. The molecule has 1 heterocycles. The number of furan rings is 1. The summed E-state index contributed by atoms with van der Waals surface area (Å²) in [5, 5.41) is 2.77. The molecular formula is C20H16BrN3O4. The minimum absolute atomic E-state index is 0.0568. The van der Waals surface area contributed by atoms with Gasteiger partial charge in [0.2, 0.25) is 0 Å². The van der Waals surface area contributed by atoms with Crippen molar-refractivity contribution >= 4 is 39.3 Å². The van der Waals surface area contributed by atoms with Crippen LogP contribution in [0.4, 0.5) is 5.69 Å². The summed E-state index contributed by atoms with van der Waals surface area (Å²) in [5.41, 5.74) is 6.96. The minimum atomic E-state index is -0.582. The highest BCUT2D eigenvalue weighted by atomic mass is 79.9. The maximum atomic E-state index is 12.2. The van der Waals surface area contributed by atoms with Crippen molar-refractivity contribution in [2.45, 2.75) is 6.92 Å². The standard InChI is InChI=1S/C20H16BrN3O4/c1-12-3-2-4-14(11-12)18(25)22-15-7-5-13(6-8-15)19(26)23-24-20(27)16-9-10-17(21)28-16/h2-11H,1H3,(H,22,25)(H,23,26)(H,24,27). The van der Waals surface area contributed by atoms with Crippen molar-refractivity contribution in [1.29, 1.82) is 0 Å². The van der Waals surface area contributed by atoms with Gasteiger partial charge in [-0.25, -0.2) is 0 Å². The molecule has 28 heavy (non-hydrogen) atoms. The molecule has 0 radical (unpaired) electrons. The van der Waals surface area contributed by atoms with E-state index in [0.717, 1.165) is 5.56 Å². The normalized spacial score (nSPS) is 10.2. The first kappa shape index (κ1) is 19.4. The molecule has 1 aromatic heterocycles. The molecule has 7 nitrogen and oxygen atoms in total. The summed E-state index contributed by atoms with van der Waals surface area (Å²) in [6, 6.07) is 16.6. The van der Waals surface area contributed by atoms with E-state index in [-0.39, 0.29) is 11.7 Å². The van der Waals surface area contributed by atoms with Gasteiger partial charge in [-0.15, -0.1) is 0 Å². The highest BCUT2D eigenvalue weighted by molar-refractivity contribution is 9.10. The maximum Gasteiger partial charge on any atom is 0.305 e. The number of halogens is 1. The van der Waals surface area contributed by atoms with E-state index in [0.29, 0.717) is 21.5 Å². The lowest BCUT2D eigenvalue weighted by molar-refractivity contribution is 0.0830. The van der Waals surface area contributed by atoms with E-state index in [1.165, 1.54) is 18.2 Å². The van der Waals surface area contributed by atoms with Crippen LogP contribution in [-0.4, -0.2) is 17.7 Å². The number of hydrazine groups is 1. The molecule has 142 valence electrons. The van der Waals surface area contributed by atoms with Crippen molar-refractivity contribution in [3.05, 3.63) is 87.8 Å². The van der Waals surface area contributed by atoms with Crippen LogP contribution in [-0.2, 0) is 0 Å². The summed E-state index contributed by atoms with van der Waals surface area (Å²) in [6.45, 7) is 1.91. The molecule has 3 rings (SSSR count). The molecule has 0 saturated heterocycles. The predicted molar refractivity (Wildman–Crippen MR) is 107 cm³/mol. The van der Waals surface area contributed by atoms with Crippen LogP contribution in [0.15, 0.2) is 69.8 Å². The van der Waals surface area contributed by atoms with Crippen LogP contribution in [0, 0.1) is 6.92 Å². The maximum absolute atomic E-state index is 12.2. The zero-order chi connectivity index (χ0) is 20.1. The van der Waals surface area contributed by atoms with Crippen molar-refractivity contribution in [2.24, 2.45) is 0 Å². The van der Waals surface area contributed by atoms with Crippen LogP contribution in [0.2, 0.25) is 0 Å². The number of hydrogen-bond acceptors (Lipinski definition) is 4. The molecule has 0 aliphatic carbocycles. The van der Waals surface area contributed by atoms with Crippen LogP contribution >= 0.6 is 15.9 Å². The molecular weight excluding hydrogens is 426 g/mol. The third-order valence-electron chi connectivity index (χ3n) is 3.77. The number of benzene rings is 2. The predicted octanol–water partition coefficient (Wildman–Crippen LogP) is 3.68. The van der Waals surface area contributed by atoms with E-state index in [1.807, 2.05) is 19.1 Å². The first-order valence-corrected chi connectivity index (χ1v) is 9.06. The van der Waals surface area contributed by atoms with Crippen molar-refractivity contribution in [3.63, 3.8) is 0 Å². The SMILES string of the molecule is Cc1cccc(C(=O)Nc2ccc(C(=O)NNC(=O)c3ccc(Br)o3)cc2)c1. The average Bonchev–Trinajstić information content (AvgIpc) is 3.13. The summed E-state index contributed by atoms with van der Waals surface area (Å²) in [6.07, 6.45) is 0. The number of hydrogen-bond donors (Lipinski definition) is 3. The van der Waals surface area contributed by atoms with Gasteiger partial charge in [0.15, 0.2) is 10.4 Å². The van der Waals surface area contributed by atoms with Gasteiger partial charge >= 0.3 is 5.91 Å². The van der Waals surface area contributed by atoms with E-state index >= 15 is 0 Å². The molecule has 3 aromatic rings. The first-order chi connectivity index (χ1) is 13.4. The Hall–Kier alpha value is -3.39. The third kappa shape index (κ3) is 4.86. The largest absolute Gasteiger partial charge is 0.444 e. The van der Waals surface area contributed by atoms with Gasteiger partial charge < -0.3 is 9.73 Å². The Morgan fingerprint density at radius 3 is 2.18 bits per heavy atom. The zero-order valence-electron chi connectivity index (χ0n) is 14.8. The second kappa shape index (κ2) is 8.53. The summed E-state index contributed by atoms with van der Waals surface area (Å²) < 4.78 is 5.50. The molecule has 0 aliphatic rings. The van der Waals surface area contributed by atoms with Crippen molar-refractivity contribution in [2.75, 3.05) is 5.32 Å². The minimum Gasteiger partial charge on any atom is -0.444 e. The molecule has 2 aromatic carbocycles. The molecule has 3 N–H and O–H groups in total. The van der Waals surface area contributed by atoms with E-state index in [4.69, 9.17) is 4.42 Å². The Kier molecular flexibility index (Phi) is 5.90. The number of anilines is 1. The Labute approximate surface area is 169 Å². The van der Waals surface area contributed by atoms with Gasteiger partial charge in [-0.2, -0.15) is 0 Å². The van der Waals surface area contributed by atoms with Gasteiger partial charge in [0.25, 0.3) is 11.8 Å². The lowest BCUT2D eigenvalue weighted by Gasteiger charge is -2.08. The van der Waals surface area contributed by atoms with Crippen molar-refractivity contribution in [1.82, 2.24) is 10.9 Å². The van der Waals surface area contributed by atoms with Crippen LogP contribution in [0.25, 0.3) is 0 Å². The highest BCUT2D eigenvalue weighted by Crippen LogP contribution is 2.14. The third-order valence-corrected chi connectivity index (χ3v) is 4.20. The van der Waals surface area contributed by atoms with Gasteiger partial charge in [0.05, 0.1) is 0 Å². The number of carbonyl (C=O) groups is 3. The van der Waals surface area contributed by atoms with Gasteiger partial charge in [-0.1, -0.05) is 17.7 Å². The second-order valence-corrected chi connectivity index (χ2v) is 6.69. The summed E-state index contributed by atoms with van der Waals surface area (Å²) in [5.74, 6) is -1.27. The Balaban J connectivity index is 1.56. The van der Waals surface area contributed by atoms with Crippen molar-refractivity contribution < 1.29 is 18.8 Å². The number of amides is 3. The van der Waals surface area contributed by atoms with Gasteiger partial charge in [-0.05, 0) is 71.4 Å². The van der Waals surface area contributed by atoms with E-state index in [9.17, 15) is 14.4 Å². The lowest BCUT2D eigenvalue weighted by atomic mass is 10.1. The molecule has 0 bridgehead atoms. The average molecular weight is 442 g/mol. The van der Waals surface area contributed by atoms with Crippen molar-refractivity contribution in [3.8, 4) is 0 Å². The summed E-state index contributed by atoms with van der Waals surface area (Å²) in [4.78, 5) is 36.2. The summed E-state index contributed by atoms with van der Waals surface area (Å²) >= 11 is 3.10. The fraction of sp³-hybridized carbons (Fsp3) is 0.0500. The quantitative estimate of drug-likeness (QED) is 0.537. The zero-order valence-corrected chi connectivity index (χ0v) is 16.4. The van der Waals surface area contributed by atoms with Crippen LogP contribution in [0.3, 0.4) is 0 Å². The fourth-order valence-corrected chi connectivity index (χ4v) is 2.68. The second-order valence-electron chi connectivity index (χ2n) is 5.91. The molecule has 0 aliphatic heterocycles. The van der Waals surface area contributed by atoms with Gasteiger partial charge in [0, 0.05) is 16.8 Å². The molecule has 0 spiro atoms. The number of nitrogens with one attached hydrogen (secondary N) is 3. The van der Waals surface area contributed by atoms with Gasteiger partial charge in [0.1, 0.15) is 0 Å². The smallest absolute Gasteiger partial charge is 0.305 e. The van der Waals surface area contributed by atoms with Gasteiger partial charge in [-0.3, -0.25) is 25.2 Å². The fourth-order valence-electron chi connectivity index (χ4n) is 2.38. The van der Waals surface area contributed by atoms with Crippen LogP contribution < -0.4 is 16.2 Å². The molecule has 0 fully saturated rings. The molecule has 8 heteroatoms. The monoisotopic (exact) mass is 441 g/mol. The number of carbonyl (C=O) groups excluding carboxylic acids is 3. The molecule has 0 atom stereocenters. The topological polar surface area (TPSA) is 100 Å². The summed E-state index contributed by atoms with van der Waals surface area (Å²) in [7, 11) is 0. The number of aryl methyl sites for hydroxylation is 1. The van der Waals surface area contributed by atoms with E-state index in [2.05, 4.69) is 32.1 Å². The Morgan fingerprint density at radius 1 is 0.821 bits per heavy atom. The first-order valence-electron chi connectivity index (χ1n) is 8.26. The number of rotatable bonds is 4. The lowest BCUT2D eigenvalue weighted by Crippen LogP contribution is -2.41. The van der Waals surface area contributed by atoms with E-state index < -0.39 is 11.8 Å². The van der Waals surface area contributed by atoms with E-state index in [1.54, 1.807) is 30.3 Å². The Morgan fingerprint density at radius 2 is 1.54 bits per heavy atom. The van der Waals surface area contributed by atoms with Crippen LogP contribution in [0.5, 0.6) is 0 Å². The molecule has 3 amide bonds. The Bertz CT molecular complexity index is 1030.